The number of alkyl halides is 2. The molecule has 1 nitrogen and oxygen atoms in total. The van der Waals surface area contributed by atoms with Crippen molar-refractivity contribution in [1.82, 2.24) is 0 Å². The van der Waals surface area contributed by atoms with Gasteiger partial charge in [-0.2, -0.15) is 0 Å². The lowest BCUT2D eigenvalue weighted by atomic mass is 9.98. The van der Waals surface area contributed by atoms with Gasteiger partial charge in [0, 0.05) is 31.5 Å². The molecular formula is C16H17Cl2N. The van der Waals surface area contributed by atoms with Gasteiger partial charge in [-0.05, 0) is 40.5 Å². The van der Waals surface area contributed by atoms with E-state index in [1.807, 2.05) is 20.2 Å². The molecule has 0 unspecified atom stereocenters. The van der Waals surface area contributed by atoms with E-state index < -0.39 is 0 Å². The van der Waals surface area contributed by atoms with E-state index >= 15 is 0 Å². The Morgan fingerprint density at radius 3 is 2.11 bits per heavy atom. The minimum Gasteiger partial charge on any atom is -0.378 e. The van der Waals surface area contributed by atoms with Gasteiger partial charge < -0.3 is 4.90 Å². The van der Waals surface area contributed by atoms with Gasteiger partial charge in [-0.15, -0.1) is 23.2 Å². The maximum atomic E-state index is 6.02. The van der Waals surface area contributed by atoms with Crippen LogP contribution in [-0.4, -0.2) is 14.1 Å². The summed E-state index contributed by atoms with van der Waals surface area (Å²) in [5, 5.41) is 0. The Bertz CT molecular complexity index is 547. The van der Waals surface area contributed by atoms with E-state index in [0.29, 0.717) is 11.8 Å². The van der Waals surface area contributed by atoms with Crippen LogP contribution in [0.25, 0.3) is 11.1 Å². The molecule has 100 valence electrons. The molecule has 0 aliphatic heterocycles. The predicted octanol–water partition coefficient (Wildman–Crippen LogP) is 4.90. The molecule has 0 N–H and O–H groups in total. The van der Waals surface area contributed by atoms with Crippen molar-refractivity contribution in [3.05, 3.63) is 53.6 Å². The fourth-order valence-corrected chi connectivity index (χ4v) is 2.43. The molecule has 0 aromatic heterocycles. The number of rotatable bonds is 4. The van der Waals surface area contributed by atoms with Crippen LogP contribution < -0.4 is 4.90 Å². The van der Waals surface area contributed by atoms with E-state index in [9.17, 15) is 0 Å². The minimum atomic E-state index is 0.507. The molecule has 3 heteroatoms. The molecule has 0 aliphatic carbocycles. The van der Waals surface area contributed by atoms with E-state index in [4.69, 9.17) is 23.2 Å². The first-order chi connectivity index (χ1) is 9.15. The number of halogens is 2. The van der Waals surface area contributed by atoms with Crippen molar-refractivity contribution in [2.24, 2.45) is 0 Å². The van der Waals surface area contributed by atoms with E-state index in [1.165, 1.54) is 16.8 Å². The Kier molecular flexibility index (Phi) is 4.73. The smallest absolute Gasteiger partial charge is 0.0480 e. The molecule has 0 bridgehead atoms. The lowest BCUT2D eigenvalue weighted by Crippen LogP contribution is -2.07. The molecule has 2 aromatic rings. The van der Waals surface area contributed by atoms with Crippen LogP contribution in [0.4, 0.5) is 5.69 Å². The summed E-state index contributed by atoms with van der Waals surface area (Å²) in [7, 11) is 4.07. The molecule has 0 radical (unpaired) electrons. The molecule has 0 fully saturated rings. The Morgan fingerprint density at radius 2 is 1.58 bits per heavy atom. The topological polar surface area (TPSA) is 3.24 Å². The number of hydrogen-bond acceptors (Lipinski definition) is 1. The highest BCUT2D eigenvalue weighted by Gasteiger charge is 2.06. The van der Waals surface area contributed by atoms with Gasteiger partial charge in [0.15, 0.2) is 0 Å². The van der Waals surface area contributed by atoms with Crippen molar-refractivity contribution in [1.29, 1.82) is 0 Å². The second-order valence-electron chi connectivity index (χ2n) is 4.70. The Morgan fingerprint density at radius 1 is 0.895 bits per heavy atom. The summed E-state index contributed by atoms with van der Waals surface area (Å²) < 4.78 is 0. The number of benzene rings is 2. The molecule has 0 atom stereocenters. The molecule has 2 aromatic carbocycles. The SMILES string of the molecule is CN(C)c1ccc(-c2cc(CCl)ccc2CCl)cc1. The lowest BCUT2D eigenvalue weighted by molar-refractivity contribution is 1.13. The van der Waals surface area contributed by atoms with Crippen molar-refractivity contribution in [2.75, 3.05) is 19.0 Å². The van der Waals surface area contributed by atoms with Crippen LogP contribution in [0.15, 0.2) is 42.5 Å². The van der Waals surface area contributed by atoms with Crippen LogP contribution >= 0.6 is 23.2 Å². The number of hydrogen-bond donors (Lipinski definition) is 0. The largest absolute Gasteiger partial charge is 0.378 e. The molecule has 2 rings (SSSR count). The molecule has 0 aliphatic rings. The predicted molar refractivity (Wildman–Crippen MR) is 85.3 cm³/mol. The highest BCUT2D eigenvalue weighted by atomic mass is 35.5. The fraction of sp³-hybridized carbons (Fsp3) is 0.250. The van der Waals surface area contributed by atoms with Gasteiger partial charge >= 0.3 is 0 Å². The van der Waals surface area contributed by atoms with E-state index in [-0.39, 0.29) is 0 Å². The average molecular weight is 294 g/mol. The van der Waals surface area contributed by atoms with Gasteiger partial charge in [0.2, 0.25) is 0 Å². The second kappa shape index (κ2) is 6.31. The Labute approximate surface area is 124 Å². The first kappa shape index (κ1) is 14.2. The van der Waals surface area contributed by atoms with Crippen molar-refractivity contribution in [3.63, 3.8) is 0 Å². The molecule has 0 heterocycles. The maximum Gasteiger partial charge on any atom is 0.0480 e. The normalized spacial score (nSPS) is 10.5. The van der Waals surface area contributed by atoms with Crippen LogP contribution in [0.1, 0.15) is 11.1 Å². The summed E-state index contributed by atoms with van der Waals surface area (Å²) in [5.74, 6) is 1.03. The zero-order valence-electron chi connectivity index (χ0n) is 11.2. The van der Waals surface area contributed by atoms with Gasteiger partial charge in [0.25, 0.3) is 0 Å². The molecule has 0 spiro atoms. The molecule has 19 heavy (non-hydrogen) atoms. The standard InChI is InChI=1S/C16H17Cl2N/c1-19(2)15-7-5-13(6-8-15)16-9-12(10-17)3-4-14(16)11-18/h3-9H,10-11H2,1-2H3. The highest BCUT2D eigenvalue weighted by Crippen LogP contribution is 2.28. The van der Waals surface area contributed by atoms with Crippen molar-refractivity contribution >= 4 is 28.9 Å². The first-order valence-electron chi connectivity index (χ1n) is 6.17. The van der Waals surface area contributed by atoms with Crippen LogP contribution in [0.3, 0.4) is 0 Å². The monoisotopic (exact) mass is 293 g/mol. The van der Waals surface area contributed by atoms with Crippen LogP contribution in [0.2, 0.25) is 0 Å². The van der Waals surface area contributed by atoms with Crippen molar-refractivity contribution in [2.45, 2.75) is 11.8 Å². The third-order valence-corrected chi connectivity index (χ3v) is 3.76. The molecular weight excluding hydrogens is 277 g/mol. The second-order valence-corrected chi connectivity index (χ2v) is 5.23. The van der Waals surface area contributed by atoms with Gasteiger partial charge in [0.05, 0.1) is 0 Å². The van der Waals surface area contributed by atoms with Gasteiger partial charge in [-0.25, -0.2) is 0 Å². The van der Waals surface area contributed by atoms with Crippen LogP contribution in [-0.2, 0) is 11.8 Å². The van der Waals surface area contributed by atoms with Crippen LogP contribution in [0, 0.1) is 0 Å². The van der Waals surface area contributed by atoms with E-state index in [2.05, 4.69) is 41.3 Å². The first-order valence-corrected chi connectivity index (χ1v) is 7.24. The van der Waals surface area contributed by atoms with Crippen molar-refractivity contribution < 1.29 is 0 Å². The highest BCUT2D eigenvalue weighted by molar-refractivity contribution is 6.18. The lowest BCUT2D eigenvalue weighted by Gasteiger charge is -2.14. The van der Waals surface area contributed by atoms with Gasteiger partial charge in [-0.1, -0.05) is 24.3 Å². The van der Waals surface area contributed by atoms with Gasteiger partial charge in [0.1, 0.15) is 0 Å². The van der Waals surface area contributed by atoms with E-state index in [0.717, 1.165) is 11.1 Å². The quantitative estimate of drug-likeness (QED) is 0.725. The molecule has 0 saturated carbocycles. The summed E-state index contributed by atoms with van der Waals surface area (Å²) in [6.07, 6.45) is 0. The third kappa shape index (κ3) is 3.23. The Hall–Kier alpha value is -1.18. The fourth-order valence-electron chi connectivity index (χ4n) is 2.03. The molecule has 0 amide bonds. The summed E-state index contributed by atoms with van der Waals surface area (Å²) in [6.45, 7) is 0. The number of nitrogens with zero attached hydrogens (tertiary/aromatic N) is 1. The third-order valence-electron chi connectivity index (χ3n) is 3.17. The average Bonchev–Trinajstić information content (AvgIpc) is 2.46. The van der Waals surface area contributed by atoms with Gasteiger partial charge in [-0.3, -0.25) is 0 Å². The summed E-state index contributed by atoms with van der Waals surface area (Å²) in [4.78, 5) is 2.08. The summed E-state index contributed by atoms with van der Waals surface area (Å²) in [5.41, 5.74) is 5.77. The van der Waals surface area contributed by atoms with E-state index in [1.54, 1.807) is 0 Å². The zero-order chi connectivity index (χ0) is 13.8. The number of anilines is 1. The summed E-state index contributed by atoms with van der Waals surface area (Å²) >= 11 is 11.9. The molecule has 0 saturated heterocycles. The zero-order valence-corrected chi connectivity index (χ0v) is 12.7. The Balaban J connectivity index is 2.44. The minimum absolute atomic E-state index is 0.507. The van der Waals surface area contributed by atoms with Crippen LogP contribution in [0.5, 0.6) is 0 Å². The van der Waals surface area contributed by atoms with Crippen molar-refractivity contribution in [3.8, 4) is 11.1 Å². The maximum absolute atomic E-state index is 6.02. The summed E-state index contributed by atoms with van der Waals surface area (Å²) in [6, 6.07) is 14.7.